The number of rotatable bonds is 6. The van der Waals surface area contributed by atoms with E-state index in [0.29, 0.717) is 18.2 Å². The van der Waals surface area contributed by atoms with Gasteiger partial charge >= 0.3 is 0 Å². The number of hydrogen-bond acceptors (Lipinski definition) is 3. The zero-order chi connectivity index (χ0) is 13.5. The Kier molecular flexibility index (Phi) is 3.32. The Balaban J connectivity index is 1.85. The molecule has 1 aromatic rings. The summed E-state index contributed by atoms with van der Waals surface area (Å²) in [6.45, 7) is 0.464. The maximum atomic E-state index is 13.3. The van der Waals surface area contributed by atoms with Gasteiger partial charge in [0.25, 0.3) is 0 Å². The highest BCUT2D eigenvalue weighted by molar-refractivity contribution is 7.89. The first-order valence-corrected chi connectivity index (χ1v) is 8.07. The first-order valence-electron chi connectivity index (χ1n) is 6.59. The lowest BCUT2D eigenvalue weighted by Gasteiger charge is -2.12. The first kappa shape index (κ1) is 13.0. The van der Waals surface area contributed by atoms with Gasteiger partial charge in [-0.2, -0.15) is 0 Å². The minimum Gasteiger partial charge on any atom is -0.310 e. The van der Waals surface area contributed by atoms with Gasteiger partial charge in [-0.3, -0.25) is 0 Å². The van der Waals surface area contributed by atoms with Crippen LogP contribution in [0.15, 0.2) is 23.1 Å². The average Bonchev–Trinajstić information content (AvgIpc) is 3.21. The van der Waals surface area contributed by atoms with Crippen LogP contribution in [0.2, 0.25) is 0 Å². The van der Waals surface area contributed by atoms with Crippen LogP contribution in [-0.2, 0) is 16.6 Å². The molecule has 19 heavy (non-hydrogen) atoms. The van der Waals surface area contributed by atoms with Gasteiger partial charge in [0.15, 0.2) is 0 Å². The molecule has 104 valence electrons. The molecule has 0 atom stereocenters. The van der Waals surface area contributed by atoms with Crippen LogP contribution in [0.3, 0.4) is 0 Å². The zero-order valence-electron chi connectivity index (χ0n) is 10.5. The summed E-state index contributed by atoms with van der Waals surface area (Å²) in [6.07, 6.45) is 3.99. The average molecular weight is 284 g/mol. The summed E-state index contributed by atoms with van der Waals surface area (Å²) in [5.41, 5.74) is 0.626. The van der Waals surface area contributed by atoms with Gasteiger partial charge in [-0.1, -0.05) is 6.07 Å². The molecule has 3 rings (SSSR count). The molecule has 2 N–H and O–H groups in total. The maximum Gasteiger partial charge on any atom is 0.241 e. The van der Waals surface area contributed by atoms with Gasteiger partial charge in [-0.05, 0) is 43.4 Å². The van der Waals surface area contributed by atoms with Crippen LogP contribution in [0.1, 0.15) is 31.2 Å². The van der Waals surface area contributed by atoms with Crippen LogP contribution in [0, 0.1) is 5.82 Å². The van der Waals surface area contributed by atoms with Crippen LogP contribution in [0.25, 0.3) is 0 Å². The van der Waals surface area contributed by atoms with Gasteiger partial charge in [-0.25, -0.2) is 17.5 Å². The van der Waals surface area contributed by atoms with Gasteiger partial charge in [0, 0.05) is 18.6 Å². The third kappa shape index (κ3) is 3.32. The molecule has 6 heteroatoms. The van der Waals surface area contributed by atoms with Crippen molar-refractivity contribution < 1.29 is 12.8 Å². The molecule has 2 fully saturated rings. The molecule has 2 aliphatic carbocycles. The smallest absolute Gasteiger partial charge is 0.241 e. The normalized spacial score (nSPS) is 19.6. The van der Waals surface area contributed by atoms with Gasteiger partial charge in [0.05, 0.1) is 4.90 Å². The van der Waals surface area contributed by atoms with E-state index in [1.165, 1.54) is 6.07 Å². The van der Waals surface area contributed by atoms with Crippen molar-refractivity contribution in [2.75, 3.05) is 0 Å². The van der Waals surface area contributed by atoms with Crippen molar-refractivity contribution in [2.45, 2.75) is 49.2 Å². The topological polar surface area (TPSA) is 58.2 Å². The first-order chi connectivity index (χ1) is 9.04. The van der Waals surface area contributed by atoms with Gasteiger partial charge in [0.2, 0.25) is 10.0 Å². The summed E-state index contributed by atoms with van der Waals surface area (Å²) < 4.78 is 40.3. The zero-order valence-corrected chi connectivity index (χ0v) is 11.3. The highest BCUT2D eigenvalue weighted by atomic mass is 32.2. The van der Waals surface area contributed by atoms with E-state index in [1.54, 1.807) is 6.07 Å². The number of nitrogens with one attached hydrogen (secondary N) is 2. The van der Waals surface area contributed by atoms with E-state index in [4.69, 9.17) is 0 Å². The van der Waals surface area contributed by atoms with Crippen molar-refractivity contribution in [3.05, 3.63) is 29.6 Å². The van der Waals surface area contributed by atoms with E-state index in [1.807, 2.05) is 0 Å². The highest BCUT2D eigenvalue weighted by Crippen LogP contribution is 2.25. The minimum atomic E-state index is -3.61. The third-order valence-corrected chi connectivity index (χ3v) is 4.98. The van der Waals surface area contributed by atoms with Crippen molar-refractivity contribution in [3.63, 3.8) is 0 Å². The molecule has 0 amide bonds. The predicted molar refractivity (Wildman–Crippen MR) is 69.6 cm³/mol. The quantitative estimate of drug-likeness (QED) is 0.832. The van der Waals surface area contributed by atoms with Crippen LogP contribution < -0.4 is 10.0 Å². The molecule has 0 heterocycles. The second kappa shape index (κ2) is 4.85. The Labute approximate surface area is 112 Å². The van der Waals surface area contributed by atoms with Crippen molar-refractivity contribution in [3.8, 4) is 0 Å². The molecular formula is C13H17FN2O2S. The van der Waals surface area contributed by atoms with E-state index in [2.05, 4.69) is 10.0 Å². The lowest BCUT2D eigenvalue weighted by atomic mass is 10.2. The standard InChI is InChI=1S/C13H17FN2O2S/c14-10-2-1-9(8-15-11-3-4-11)13(7-10)19(17,18)16-12-5-6-12/h1-2,7,11-12,15-16H,3-6,8H2. The molecule has 0 spiro atoms. The Morgan fingerprint density at radius 1 is 1.16 bits per heavy atom. The summed E-state index contributed by atoms with van der Waals surface area (Å²) in [5.74, 6) is -0.522. The summed E-state index contributed by atoms with van der Waals surface area (Å²) in [5, 5.41) is 3.26. The Morgan fingerprint density at radius 3 is 2.47 bits per heavy atom. The number of benzene rings is 1. The number of sulfonamides is 1. The van der Waals surface area contributed by atoms with E-state index < -0.39 is 15.8 Å². The number of halogens is 1. The molecule has 0 saturated heterocycles. The van der Waals surface area contributed by atoms with Crippen molar-refractivity contribution in [1.29, 1.82) is 0 Å². The van der Waals surface area contributed by atoms with E-state index >= 15 is 0 Å². The Bertz CT molecular complexity index is 580. The van der Waals surface area contributed by atoms with Crippen molar-refractivity contribution >= 4 is 10.0 Å². The highest BCUT2D eigenvalue weighted by Gasteiger charge is 2.30. The lowest BCUT2D eigenvalue weighted by molar-refractivity contribution is 0.572. The van der Waals surface area contributed by atoms with E-state index in [0.717, 1.165) is 31.7 Å². The summed E-state index contributed by atoms with van der Waals surface area (Å²) >= 11 is 0. The van der Waals surface area contributed by atoms with Crippen molar-refractivity contribution in [2.24, 2.45) is 0 Å². The van der Waals surface area contributed by atoms with Crippen molar-refractivity contribution in [1.82, 2.24) is 10.0 Å². The number of hydrogen-bond donors (Lipinski definition) is 2. The molecule has 2 aliphatic rings. The van der Waals surface area contributed by atoms with Crippen LogP contribution in [-0.4, -0.2) is 20.5 Å². The predicted octanol–water partition coefficient (Wildman–Crippen LogP) is 1.52. The molecule has 0 aliphatic heterocycles. The molecule has 0 unspecified atom stereocenters. The molecular weight excluding hydrogens is 267 g/mol. The Hall–Kier alpha value is -0.980. The van der Waals surface area contributed by atoms with Gasteiger partial charge < -0.3 is 5.32 Å². The van der Waals surface area contributed by atoms with E-state index in [9.17, 15) is 12.8 Å². The Morgan fingerprint density at radius 2 is 1.84 bits per heavy atom. The summed E-state index contributed by atoms with van der Waals surface area (Å²) in [7, 11) is -3.61. The van der Waals surface area contributed by atoms with Crippen LogP contribution in [0.4, 0.5) is 4.39 Å². The second-order valence-corrected chi connectivity index (χ2v) is 6.99. The largest absolute Gasteiger partial charge is 0.310 e. The molecule has 0 aromatic heterocycles. The monoisotopic (exact) mass is 284 g/mol. The van der Waals surface area contributed by atoms with Crippen LogP contribution >= 0.6 is 0 Å². The molecule has 1 aromatic carbocycles. The fourth-order valence-corrected chi connectivity index (χ4v) is 3.51. The van der Waals surface area contributed by atoms with Crippen LogP contribution in [0.5, 0.6) is 0 Å². The maximum absolute atomic E-state index is 13.3. The summed E-state index contributed by atoms with van der Waals surface area (Å²) in [6, 6.07) is 4.47. The fourth-order valence-electron chi connectivity index (χ4n) is 1.95. The molecule has 2 saturated carbocycles. The molecule has 4 nitrogen and oxygen atoms in total. The molecule has 0 radical (unpaired) electrons. The fraction of sp³-hybridized carbons (Fsp3) is 0.538. The minimum absolute atomic E-state index is 0.0255. The molecule has 0 bridgehead atoms. The summed E-state index contributed by atoms with van der Waals surface area (Å²) in [4.78, 5) is 0.0625. The van der Waals surface area contributed by atoms with Gasteiger partial charge in [-0.15, -0.1) is 0 Å². The third-order valence-electron chi connectivity index (χ3n) is 3.38. The second-order valence-electron chi connectivity index (χ2n) is 5.30. The van der Waals surface area contributed by atoms with Gasteiger partial charge in [0.1, 0.15) is 5.82 Å². The lowest BCUT2D eigenvalue weighted by Crippen LogP contribution is -2.28. The van der Waals surface area contributed by atoms with E-state index in [-0.39, 0.29) is 10.9 Å². The SMILES string of the molecule is O=S(=O)(NC1CC1)c1cc(F)ccc1CNC1CC1.